The number of hydrogen-bond donors (Lipinski definition) is 0. The molecular weight excluding hydrogens is 356 g/mol. The molecule has 0 saturated carbocycles. The summed E-state index contributed by atoms with van der Waals surface area (Å²) in [5.74, 6) is 0.162. The lowest BCUT2D eigenvalue weighted by atomic mass is 10.1. The Hall–Kier alpha value is -3.44. The summed E-state index contributed by atoms with van der Waals surface area (Å²) in [7, 11) is 0. The summed E-state index contributed by atoms with van der Waals surface area (Å²) < 4.78 is 7.66. The van der Waals surface area contributed by atoms with Crippen LogP contribution in [-0.2, 0) is 0 Å². The van der Waals surface area contributed by atoms with Gasteiger partial charge in [-0.25, -0.2) is 4.98 Å². The molecule has 0 aliphatic rings. The van der Waals surface area contributed by atoms with Crippen LogP contribution >= 0.6 is 11.3 Å². The summed E-state index contributed by atoms with van der Waals surface area (Å²) in [5.41, 5.74) is 3.46. The summed E-state index contributed by atoms with van der Waals surface area (Å²) in [6.45, 7) is 0. The van der Waals surface area contributed by atoms with Crippen molar-refractivity contribution in [3.63, 3.8) is 0 Å². The van der Waals surface area contributed by atoms with E-state index in [1.54, 1.807) is 23.5 Å². The molecule has 2 aromatic carbocycles. The van der Waals surface area contributed by atoms with Crippen LogP contribution in [0.3, 0.4) is 0 Å². The number of fused-ring (bicyclic) bond motifs is 2. The lowest BCUT2D eigenvalue weighted by molar-refractivity contribution is 0.102. The second kappa shape index (κ2) is 6.37. The van der Waals surface area contributed by atoms with E-state index < -0.39 is 0 Å². The summed E-state index contributed by atoms with van der Waals surface area (Å²) in [6, 6.07) is 19.4. The van der Waals surface area contributed by atoms with Crippen molar-refractivity contribution in [3.05, 3.63) is 89.8 Å². The molecule has 5 heteroatoms. The first-order valence-corrected chi connectivity index (χ1v) is 9.39. The van der Waals surface area contributed by atoms with E-state index in [9.17, 15) is 4.79 Å². The molecule has 0 atom stereocenters. The first kappa shape index (κ1) is 15.8. The van der Waals surface area contributed by atoms with Crippen LogP contribution in [0, 0.1) is 0 Å². The number of ketones is 1. The maximum Gasteiger partial charge on any atom is 0.221 e. The number of benzene rings is 2. The molecule has 0 amide bonds. The Kier molecular flexibility index (Phi) is 3.73. The number of allylic oxidation sites excluding steroid dienone is 1. The third kappa shape index (κ3) is 2.78. The van der Waals surface area contributed by atoms with Crippen molar-refractivity contribution in [1.82, 2.24) is 9.38 Å². The summed E-state index contributed by atoms with van der Waals surface area (Å²) in [6.07, 6.45) is 5.32. The minimum absolute atomic E-state index is 0.171. The molecule has 130 valence electrons. The van der Waals surface area contributed by atoms with Crippen LogP contribution < -0.4 is 0 Å². The number of thiazole rings is 1. The predicted octanol–water partition coefficient (Wildman–Crippen LogP) is 5.71. The van der Waals surface area contributed by atoms with Gasteiger partial charge in [-0.15, -0.1) is 11.3 Å². The third-order valence-corrected chi connectivity index (χ3v) is 5.16. The fraction of sp³-hybridized carbons (Fsp3) is 0. The molecule has 5 aromatic rings. The van der Waals surface area contributed by atoms with Crippen LogP contribution in [-0.4, -0.2) is 15.2 Å². The fourth-order valence-electron chi connectivity index (χ4n) is 3.11. The van der Waals surface area contributed by atoms with Gasteiger partial charge in [-0.2, -0.15) is 0 Å². The molecule has 0 bridgehead atoms. The van der Waals surface area contributed by atoms with Crippen LogP contribution in [0.25, 0.3) is 33.3 Å². The van der Waals surface area contributed by atoms with Gasteiger partial charge in [-0.05, 0) is 24.3 Å². The second-order valence-corrected chi connectivity index (χ2v) is 6.99. The summed E-state index contributed by atoms with van der Waals surface area (Å²) in [5, 5.41) is 2.90. The SMILES string of the molecule is O=C(/C=C/c1c(-c2ccccc2)nc2sccn12)c1cc2ccccc2o1. The average Bonchev–Trinajstić information content (AvgIpc) is 3.41. The highest BCUT2D eigenvalue weighted by atomic mass is 32.1. The van der Waals surface area contributed by atoms with E-state index in [2.05, 4.69) is 0 Å². The highest BCUT2D eigenvalue weighted by molar-refractivity contribution is 7.15. The number of carbonyl (C=O) groups is 1. The maximum absolute atomic E-state index is 12.6. The zero-order valence-electron chi connectivity index (χ0n) is 14.2. The van der Waals surface area contributed by atoms with Gasteiger partial charge in [-0.3, -0.25) is 9.20 Å². The smallest absolute Gasteiger partial charge is 0.221 e. The zero-order valence-corrected chi connectivity index (χ0v) is 15.0. The topological polar surface area (TPSA) is 47.5 Å². The molecule has 0 spiro atoms. The Bertz CT molecular complexity index is 1260. The molecule has 3 aromatic heterocycles. The normalized spacial score (nSPS) is 11.7. The van der Waals surface area contributed by atoms with Gasteiger partial charge in [-0.1, -0.05) is 48.5 Å². The lowest BCUT2D eigenvalue weighted by Gasteiger charge is -1.99. The molecule has 3 heterocycles. The van der Waals surface area contributed by atoms with E-state index in [0.717, 1.165) is 27.3 Å². The number of rotatable bonds is 4. The van der Waals surface area contributed by atoms with Crippen molar-refractivity contribution >= 4 is 39.1 Å². The monoisotopic (exact) mass is 370 g/mol. The first-order chi connectivity index (χ1) is 13.3. The van der Waals surface area contributed by atoms with Gasteiger partial charge >= 0.3 is 0 Å². The van der Waals surface area contributed by atoms with Crippen LogP contribution in [0.4, 0.5) is 0 Å². The van der Waals surface area contributed by atoms with Gasteiger partial charge in [0.15, 0.2) is 10.7 Å². The van der Waals surface area contributed by atoms with Gasteiger partial charge in [0, 0.05) is 22.5 Å². The molecule has 0 aliphatic heterocycles. The Morgan fingerprint density at radius 2 is 1.89 bits per heavy atom. The Labute approximate surface area is 159 Å². The van der Waals surface area contributed by atoms with Crippen molar-refractivity contribution in [2.24, 2.45) is 0 Å². The van der Waals surface area contributed by atoms with Crippen molar-refractivity contribution in [1.29, 1.82) is 0 Å². The largest absolute Gasteiger partial charge is 0.453 e. The molecule has 0 unspecified atom stereocenters. The molecule has 0 aliphatic carbocycles. The van der Waals surface area contributed by atoms with Crippen LogP contribution in [0.5, 0.6) is 0 Å². The van der Waals surface area contributed by atoms with E-state index in [4.69, 9.17) is 9.40 Å². The van der Waals surface area contributed by atoms with Crippen molar-refractivity contribution in [2.45, 2.75) is 0 Å². The molecule has 0 N–H and O–H groups in total. The van der Waals surface area contributed by atoms with Crippen LogP contribution in [0.15, 0.2) is 82.7 Å². The van der Waals surface area contributed by atoms with Crippen molar-refractivity contribution in [2.75, 3.05) is 0 Å². The molecule has 4 nitrogen and oxygen atoms in total. The average molecular weight is 370 g/mol. The highest BCUT2D eigenvalue weighted by Gasteiger charge is 2.14. The molecule has 0 radical (unpaired) electrons. The number of hydrogen-bond acceptors (Lipinski definition) is 4. The quantitative estimate of drug-likeness (QED) is 0.301. The maximum atomic E-state index is 12.6. The second-order valence-electron chi connectivity index (χ2n) is 6.11. The minimum Gasteiger partial charge on any atom is -0.453 e. The van der Waals surface area contributed by atoms with Crippen molar-refractivity contribution < 1.29 is 9.21 Å². The number of para-hydroxylation sites is 1. The number of carbonyl (C=O) groups excluding carboxylic acids is 1. The number of imidazole rings is 1. The number of nitrogens with zero attached hydrogens (tertiary/aromatic N) is 2. The Balaban J connectivity index is 1.55. The molecule has 27 heavy (non-hydrogen) atoms. The molecule has 0 fully saturated rings. The standard InChI is InChI=1S/C22H14N2O2S/c25-18(20-14-16-8-4-5-9-19(16)26-20)11-10-17-21(15-6-2-1-3-7-15)23-22-24(17)12-13-27-22/h1-14H/b11-10+. The summed E-state index contributed by atoms with van der Waals surface area (Å²) in [4.78, 5) is 18.2. The van der Waals surface area contributed by atoms with E-state index >= 15 is 0 Å². The van der Waals surface area contributed by atoms with Gasteiger partial charge in [0.05, 0.1) is 11.4 Å². The number of furan rings is 1. The van der Waals surface area contributed by atoms with Gasteiger partial charge < -0.3 is 4.42 Å². The van der Waals surface area contributed by atoms with Crippen molar-refractivity contribution in [3.8, 4) is 11.3 Å². The van der Waals surface area contributed by atoms with E-state index in [1.807, 2.05) is 76.7 Å². The fourth-order valence-corrected chi connectivity index (χ4v) is 3.83. The molecule has 5 rings (SSSR count). The number of aromatic nitrogens is 2. The lowest BCUT2D eigenvalue weighted by Crippen LogP contribution is -1.92. The Morgan fingerprint density at radius 3 is 2.74 bits per heavy atom. The van der Waals surface area contributed by atoms with E-state index in [-0.39, 0.29) is 5.78 Å². The van der Waals surface area contributed by atoms with E-state index in [0.29, 0.717) is 11.3 Å². The van der Waals surface area contributed by atoms with Gasteiger partial charge in [0.1, 0.15) is 5.58 Å². The highest BCUT2D eigenvalue weighted by Crippen LogP contribution is 2.28. The van der Waals surface area contributed by atoms with Gasteiger partial charge in [0.2, 0.25) is 5.78 Å². The molecular formula is C22H14N2O2S. The predicted molar refractivity (Wildman–Crippen MR) is 108 cm³/mol. The zero-order chi connectivity index (χ0) is 18.2. The first-order valence-electron chi connectivity index (χ1n) is 8.51. The van der Waals surface area contributed by atoms with Gasteiger partial charge in [0.25, 0.3) is 0 Å². The van der Waals surface area contributed by atoms with Crippen LogP contribution in [0.2, 0.25) is 0 Å². The molecule has 0 saturated heterocycles. The van der Waals surface area contributed by atoms with E-state index in [1.165, 1.54) is 0 Å². The Morgan fingerprint density at radius 1 is 1.07 bits per heavy atom. The third-order valence-electron chi connectivity index (χ3n) is 4.41. The summed E-state index contributed by atoms with van der Waals surface area (Å²) >= 11 is 1.57. The minimum atomic E-state index is -0.171. The van der Waals surface area contributed by atoms with Crippen LogP contribution in [0.1, 0.15) is 16.2 Å².